The van der Waals surface area contributed by atoms with Gasteiger partial charge in [-0.1, -0.05) is 143 Å². The highest BCUT2D eigenvalue weighted by molar-refractivity contribution is 8.93. The lowest BCUT2D eigenvalue weighted by Gasteiger charge is -2.39. The van der Waals surface area contributed by atoms with Gasteiger partial charge in [-0.2, -0.15) is 0 Å². The second-order valence-electron chi connectivity index (χ2n) is 9.96. The third kappa shape index (κ3) is 18.1. The van der Waals surface area contributed by atoms with Gasteiger partial charge in [-0.3, -0.25) is 0 Å². The first kappa shape index (κ1) is 32.6. The van der Waals surface area contributed by atoms with Crippen LogP contribution in [0.5, 0.6) is 0 Å². The second kappa shape index (κ2) is 24.1. The Labute approximate surface area is 202 Å². The quantitative estimate of drug-likeness (QED) is 0.142. The van der Waals surface area contributed by atoms with Crippen molar-refractivity contribution in [1.82, 2.24) is 0 Å². The predicted octanol–water partition coefficient (Wildman–Crippen LogP) is 10.5. The molecule has 0 aliphatic rings. The lowest BCUT2D eigenvalue weighted by molar-refractivity contribution is 0.193. The van der Waals surface area contributed by atoms with Gasteiger partial charge in [-0.25, -0.2) is 0 Å². The SMILES string of the molecule is Br.CCCCCCCCCCCCCCC(CCCC)C(N)(CCCC)CCCC. The van der Waals surface area contributed by atoms with Gasteiger partial charge in [0, 0.05) is 5.54 Å². The Bertz CT molecular complexity index is 310. The Balaban J connectivity index is 0. The van der Waals surface area contributed by atoms with E-state index in [1.165, 1.54) is 141 Å². The van der Waals surface area contributed by atoms with E-state index in [0.717, 1.165) is 5.92 Å². The maximum Gasteiger partial charge on any atom is 0.0182 e. The highest BCUT2D eigenvalue weighted by atomic mass is 79.9. The summed E-state index contributed by atoms with van der Waals surface area (Å²) >= 11 is 0. The zero-order valence-electron chi connectivity index (χ0n) is 21.6. The molecule has 0 amide bonds. The summed E-state index contributed by atoms with van der Waals surface area (Å²) in [5, 5.41) is 0. The first-order valence-corrected chi connectivity index (χ1v) is 13.9. The molecule has 0 fully saturated rings. The van der Waals surface area contributed by atoms with Crippen molar-refractivity contribution in [3.8, 4) is 0 Å². The smallest absolute Gasteiger partial charge is 0.0182 e. The van der Waals surface area contributed by atoms with Crippen molar-refractivity contribution in [2.45, 2.75) is 174 Å². The van der Waals surface area contributed by atoms with Crippen LogP contribution in [0.1, 0.15) is 169 Å². The topological polar surface area (TPSA) is 26.0 Å². The number of halogens is 1. The van der Waals surface area contributed by atoms with E-state index < -0.39 is 0 Å². The maximum absolute atomic E-state index is 7.09. The fourth-order valence-corrected chi connectivity index (χ4v) is 4.95. The molecule has 0 aliphatic heterocycles. The summed E-state index contributed by atoms with van der Waals surface area (Å²) in [5.41, 5.74) is 7.20. The van der Waals surface area contributed by atoms with Crippen LogP contribution in [0.3, 0.4) is 0 Å². The van der Waals surface area contributed by atoms with Crippen molar-refractivity contribution in [2.75, 3.05) is 0 Å². The van der Waals surface area contributed by atoms with Gasteiger partial charge in [-0.15, -0.1) is 17.0 Å². The highest BCUT2D eigenvalue weighted by Crippen LogP contribution is 2.34. The molecular weight excluding hydrogens is 430 g/mol. The number of hydrogen-bond acceptors (Lipinski definition) is 1. The number of nitrogens with two attached hydrogens (primary N) is 1. The fraction of sp³-hybridized carbons (Fsp3) is 1.00. The molecule has 0 aromatic carbocycles. The summed E-state index contributed by atoms with van der Waals surface area (Å²) in [5.74, 6) is 0.753. The van der Waals surface area contributed by atoms with Gasteiger partial charge in [0.2, 0.25) is 0 Å². The summed E-state index contributed by atoms with van der Waals surface area (Å²) in [7, 11) is 0. The van der Waals surface area contributed by atoms with Crippen LogP contribution in [-0.4, -0.2) is 5.54 Å². The second-order valence-corrected chi connectivity index (χ2v) is 9.96. The molecule has 0 saturated heterocycles. The molecule has 2 heteroatoms. The van der Waals surface area contributed by atoms with E-state index in [1.54, 1.807) is 0 Å². The summed E-state index contributed by atoms with van der Waals surface area (Å²) in [6.45, 7) is 9.26. The number of hydrogen-bond donors (Lipinski definition) is 1. The van der Waals surface area contributed by atoms with E-state index in [1.807, 2.05) is 0 Å². The van der Waals surface area contributed by atoms with Crippen LogP contribution in [0.4, 0.5) is 0 Å². The highest BCUT2D eigenvalue weighted by Gasteiger charge is 2.32. The summed E-state index contributed by atoms with van der Waals surface area (Å²) < 4.78 is 0. The predicted molar refractivity (Wildman–Crippen MR) is 145 cm³/mol. The molecule has 0 saturated carbocycles. The molecule has 0 aromatic rings. The number of rotatable bonds is 23. The van der Waals surface area contributed by atoms with E-state index in [2.05, 4.69) is 27.7 Å². The first-order chi connectivity index (χ1) is 14.1. The van der Waals surface area contributed by atoms with E-state index in [0.29, 0.717) is 0 Å². The Morgan fingerprint density at radius 2 is 0.800 bits per heavy atom. The molecule has 0 spiro atoms. The average Bonchev–Trinajstić information content (AvgIpc) is 2.73. The molecule has 0 aromatic heterocycles. The third-order valence-electron chi connectivity index (χ3n) is 7.12. The van der Waals surface area contributed by atoms with Crippen LogP contribution >= 0.6 is 17.0 Å². The standard InChI is InChI=1S/C28H59N.BrH/c1-5-9-13-14-15-16-17-18-19-20-21-22-24-27(23-10-6-2)28(29,25-11-7-3)26-12-8-4;/h27H,5-26,29H2,1-4H3;1H. The van der Waals surface area contributed by atoms with Gasteiger partial charge in [0.15, 0.2) is 0 Å². The van der Waals surface area contributed by atoms with Gasteiger partial charge in [0.05, 0.1) is 0 Å². The van der Waals surface area contributed by atoms with E-state index in [4.69, 9.17) is 5.73 Å². The van der Waals surface area contributed by atoms with E-state index >= 15 is 0 Å². The van der Waals surface area contributed by atoms with Crippen LogP contribution < -0.4 is 5.73 Å². The summed E-state index contributed by atoms with van der Waals surface area (Å²) in [6.07, 6.45) is 30.4. The molecule has 1 nitrogen and oxygen atoms in total. The minimum atomic E-state index is 0. The van der Waals surface area contributed by atoms with Crippen LogP contribution in [0.25, 0.3) is 0 Å². The summed E-state index contributed by atoms with van der Waals surface area (Å²) in [4.78, 5) is 0. The van der Waals surface area contributed by atoms with Gasteiger partial charge < -0.3 is 5.73 Å². The molecule has 0 bridgehead atoms. The molecule has 30 heavy (non-hydrogen) atoms. The van der Waals surface area contributed by atoms with Crippen LogP contribution in [0, 0.1) is 5.92 Å². The summed E-state index contributed by atoms with van der Waals surface area (Å²) in [6, 6.07) is 0. The van der Waals surface area contributed by atoms with Crippen molar-refractivity contribution in [3.05, 3.63) is 0 Å². The Kier molecular flexibility index (Phi) is 26.2. The molecule has 0 rings (SSSR count). The molecule has 2 N–H and O–H groups in total. The third-order valence-corrected chi connectivity index (χ3v) is 7.12. The molecule has 0 radical (unpaired) electrons. The molecule has 1 unspecified atom stereocenters. The largest absolute Gasteiger partial charge is 0.325 e. The van der Waals surface area contributed by atoms with E-state index in [9.17, 15) is 0 Å². The van der Waals surface area contributed by atoms with Crippen molar-refractivity contribution in [1.29, 1.82) is 0 Å². The fourth-order valence-electron chi connectivity index (χ4n) is 4.95. The number of unbranched alkanes of at least 4 members (excludes halogenated alkanes) is 14. The lowest BCUT2D eigenvalue weighted by Crippen LogP contribution is -2.47. The Morgan fingerprint density at radius 3 is 1.20 bits per heavy atom. The first-order valence-electron chi connectivity index (χ1n) is 13.9. The monoisotopic (exact) mass is 489 g/mol. The molecule has 0 aliphatic carbocycles. The Morgan fingerprint density at radius 1 is 0.467 bits per heavy atom. The van der Waals surface area contributed by atoms with E-state index in [-0.39, 0.29) is 22.5 Å². The zero-order chi connectivity index (χ0) is 21.6. The zero-order valence-corrected chi connectivity index (χ0v) is 23.3. The normalized spacial score (nSPS) is 12.7. The van der Waals surface area contributed by atoms with Crippen molar-refractivity contribution < 1.29 is 0 Å². The van der Waals surface area contributed by atoms with Gasteiger partial charge in [0.25, 0.3) is 0 Å². The molecule has 1 atom stereocenters. The molecular formula is C28H60BrN. The van der Waals surface area contributed by atoms with Gasteiger partial charge >= 0.3 is 0 Å². The minimum absolute atomic E-state index is 0. The maximum atomic E-state index is 7.09. The van der Waals surface area contributed by atoms with Crippen molar-refractivity contribution in [3.63, 3.8) is 0 Å². The van der Waals surface area contributed by atoms with Crippen LogP contribution in [0.15, 0.2) is 0 Å². The van der Waals surface area contributed by atoms with Crippen molar-refractivity contribution >= 4 is 17.0 Å². The molecule has 184 valence electrons. The molecule has 0 heterocycles. The van der Waals surface area contributed by atoms with Gasteiger partial charge in [-0.05, 0) is 31.6 Å². The average molecular weight is 491 g/mol. The van der Waals surface area contributed by atoms with Crippen molar-refractivity contribution in [2.24, 2.45) is 11.7 Å². The van der Waals surface area contributed by atoms with Crippen LogP contribution in [-0.2, 0) is 0 Å². The lowest BCUT2D eigenvalue weighted by atomic mass is 9.72. The minimum Gasteiger partial charge on any atom is -0.325 e. The van der Waals surface area contributed by atoms with Gasteiger partial charge in [0.1, 0.15) is 0 Å². The Hall–Kier alpha value is 0.440. The van der Waals surface area contributed by atoms with Crippen LogP contribution in [0.2, 0.25) is 0 Å².